The zero-order valence-electron chi connectivity index (χ0n) is 10.9. The largest absolute Gasteiger partial charge is 0.389 e. The zero-order chi connectivity index (χ0) is 12.5. The molecule has 1 saturated carbocycles. The van der Waals surface area contributed by atoms with Gasteiger partial charge in [-0.2, -0.15) is 5.10 Å². The van der Waals surface area contributed by atoms with Crippen molar-refractivity contribution in [1.29, 1.82) is 0 Å². The predicted molar refractivity (Wildman–Crippen MR) is 66.0 cm³/mol. The van der Waals surface area contributed by atoms with Gasteiger partial charge in [-0.05, 0) is 19.4 Å². The molecule has 0 saturated heterocycles. The fourth-order valence-electron chi connectivity index (χ4n) is 2.54. The molecule has 1 fully saturated rings. The number of aliphatic hydroxyl groups is 1. The Balaban J connectivity index is 2.05. The molecule has 1 aliphatic rings. The smallest absolute Gasteiger partial charge is 0.0752 e. The number of ether oxygens (including phenoxy) is 1. The lowest BCUT2D eigenvalue weighted by Crippen LogP contribution is -2.49. The third-order valence-corrected chi connectivity index (χ3v) is 3.63. The molecular weight excluding hydrogens is 216 g/mol. The van der Waals surface area contributed by atoms with Crippen molar-refractivity contribution in [2.45, 2.75) is 57.8 Å². The van der Waals surface area contributed by atoms with E-state index in [9.17, 15) is 5.11 Å². The van der Waals surface area contributed by atoms with E-state index in [1.807, 2.05) is 4.68 Å². The van der Waals surface area contributed by atoms with Crippen LogP contribution in [0.3, 0.4) is 0 Å². The van der Waals surface area contributed by atoms with Gasteiger partial charge in [-0.1, -0.05) is 6.92 Å². The third kappa shape index (κ3) is 2.53. The molecule has 1 aromatic rings. The van der Waals surface area contributed by atoms with Crippen molar-refractivity contribution in [3.05, 3.63) is 17.5 Å². The molecule has 0 atom stereocenters. The van der Waals surface area contributed by atoms with E-state index in [4.69, 9.17) is 4.74 Å². The van der Waals surface area contributed by atoms with Crippen LogP contribution in [0.5, 0.6) is 0 Å². The quantitative estimate of drug-likeness (QED) is 0.846. The molecule has 2 rings (SSSR count). The molecule has 1 aliphatic carbocycles. The minimum absolute atomic E-state index is 0.226. The van der Waals surface area contributed by atoms with Crippen LogP contribution < -0.4 is 0 Å². The lowest BCUT2D eigenvalue weighted by molar-refractivity contribution is -0.127. The van der Waals surface area contributed by atoms with Gasteiger partial charge in [-0.25, -0.2) is 0 Å². The zero-order valence-corrected chi connectivity index (χ0v) is 10.9. The Morgan fingerprint density at radius 1 is 1.53 bits per heavy atom. The minimum atomic E-state index is -0.585. The maximum absolute atomic E-state index is 10.3. The molecule has 0 unspecified atom stereocenters. The topological polar surface area (TPSA) is 47.3 Å². The average Bonchev–Trinajstić information content (AvgIpc) is 2.67. The second kappa shape index (κ2) is 4.78. The van der Waals surface area contributed by atoms with Crippen molar-refractivity contribution >= 4 is 0 Å². The molecule has 96 valence electrons. The summed E-state index contributed by atoms with van der Waals surface area (Å²) >= 11 is 0. The molecule has 4 heteroatoms. The predicted octanol–water partition coefficient (Wildman–Crippen LogP) is 1.55. The van der Waals surface area contributed by atoms with Gasteiger partial charge in [0.1, 0.15) is 0 Å². The van der Waals surface area contributed by atoms with E-state index >= 15 is 0 Å². The second-order valence-electron chi connectivity index (χ2n) is 4.96. The van der Waals surface area contributed by atoms with Crippen LogP contribution in [0, 0.1) is 0 Å². The summed E-state index contributed by atoms with van der Waals surface area (Å²) in [6.07, 6.45) is 3.33. The Kier molecular flexibility index (Phi) is 3.54. The number of hydrogen-bond donors (Lipinski definition) is 1. The van der Waals surface area contributed by atoms with Crippen LogP contribution in [0.15, 0.2) is 6.07 Å². The number of rotatable bonds is 5. The first-order chi connectivity index (χ1) is 8.10. The first kappa shape index (κ1) is 12.6. The van der Waals surface area contributed by atoms with Crippen LogP contribution in [0.4, 0.5) is 0 Å². The summed E-state index contributed by atoms with van der Waals surface area (Å²) in [7, 11) is 1.70. The molecule has 1 N–H and O–H groups in total. The molecular formula is C13H22N2O2. The Hall–Kier alpha value is -0.870. The highest BCUT2D eigenvalue weighted by Crippen LogP contribution is 2.37. The SMILES string of the molecule is CCc1cc(CC2(O)CC(OC)C2)n(CC)n1. The molecule has 1 heterocycles. The highest BCUT2D eigenvalue weighted by Gasteiger charge is 2.43. The van der Waals surface area contributed by atoms with Gasteiger partial charge < -0.3 is 9.84 Å². The van der Waals surface area contributed by atoms with Crippen molar-refractivity contribution in [2.24, 2.45) is 0 Å². The van der Waals surface area contributed by atoms with Gasteiger partial charge in [0.05, 0.1) is 17.4 Å². The molecule has 17 heavy (non-hydrogen) atoms. The summed E-state index contributed by atoms with van der Waals surface area (Å²) in [6, 6.07) is 2.11. The van der Waals surface area contributed by atoms with E-state index in [0.717, 1.165) is 37.2 Å². The van der Waals surface area contributed by atoms with Crippen molar-refractivity contribution in [3.8, 4) is 0 Å². The fraction of sp³-hybridized carbons (Fsp3) is 0.769. The molecule has 0 aromatic carbocycles. The Labute approximate surface area is 103 Å². The highest BCUT2D eigenvalue weighted by molar-refractivity contribution is 5.15. The van der Waals surface area contributed by atoms with E-state index in [1.54, 1.807) is 7.11 Å². The molecule has 0 radical (unpaired) electrons. The molecule has 0 aliphatic heterocycles. The van der Waals surface area contributed by atoms with Gasteiger partial charge in [0.25, 0.3) is 0 Å². The van der Waals surface area contributed by atoms with E-state index in [0.29, 0.717) is 6.42 Å². The standard InChI is InChI=1S/C13H22N2O2/c1-4-10-6-11(15(5-2)14-10)7-13(16)8-12(9-13)17-3/h6,12,16H,4-5,7-9H2,1-3H3. The molecule has 0 spiro atoms. The van der Waals surface area contributed by atoms with Crippen LogP contribution >= 0.6 is 0 Å². The molecule has 1 aromatic heterocycles. The molecule has 0 amide bonds. The molecule has 4 nitrogen and oxygen atoms in total. The van der Waals surface area contributed by atoms with Crippen LogP contribution in [-0.2, 0) is 24.1 Å². The van der Waals surface area contributed by atoms with E-state index in [2.05, 4.69) is 25.0 Å². The van der Waals surface area contributed by atoms with Crippen molar-refractivity contribution in [3.63, 3.8) is 0 Å². The van der Waals surface area contributed by atoms with E-state index in [1.165, 1.54) is 0 Å². The van der Waals surface area contributed by atoms with Gasteiger partial charge in [0.2, 0.25) is 0 Å². The van der Waals surface area contributed by atoms with Crippen molar-refractivity contribution in [1.82, 2.24) is 9.78 Å². The minimum Gasteiger partial charge on any atom is -0.389 e. The average molecular weight is 238 g/mol. The summed E-state index contributed by atoms with van der Waals surface area (Å²) < 4.78 is 7.22. The summed E-state index contributed by atoms with van der Waals surface area (Å²) in [6.45, 7) is 5.04. The van der Waals surface area contributed by atoms with Crippen molar-refractivity contribution in [2.75, 3.05) is 7.11 Å². The van der Waals surface area contributed by atoms with Gasteiger partial charge in [-0.15, -0.1) is 0 Å². The maximum atomic E-state index is 10.3. The van der Waals surface area contributed by atoms with Crippen molar-refractivity contribution < 1.29 is 9.84 Å². The summed E-state index contributed by atoms with van der Waals surface area (Å²) in [4.78, 5) is 0. The Morgan fingerprint density at radius 2 is 2.24 bits per heavy atom. The number of aromatic nitrogens is 2. The first-order valence-corrected chi connectivity index (χ1v) is 6.41. The fourth-order valence-corrected chi connectivity index (χ4v) is 2.54. The first-order valence-electron chi connectivity index (χ1n) is 6.41. The van der Waals surface area contributed by atoms with Gasteiger partial charge in [-0.3, -0.25) is 4.68 Å². The van der Waals surface area contributed by atoms with E-state index < -0.39 is 5.60 Å². The number of nitrogens with zero attached hydrogens (tertiary/aromatic N) is 2. The Morgan fingerprint density at radius 3 is 2.76 bits per heavy atom. The normalized spacial score (nSPS) is 28.1. The number of methoxy groups -OCH3 is 1. The third-order valence-electron chi connectivity index (χ3n) is 3.63. The van der Waals surface area contributed by atoms with Gasteiger partial charge >= 0.3 is 0 Å². The van der Waals surface area contributed by atoms with Crippen LogP contribution in [0.2, 0.25) is 0 Å². The lowest BCUT2D eigenvalue weighted by atomic mass is 9.74. The number of aryl methyl sites for hydroxylation is 2. The highest BCUT2D eigenvalue weighted by atomic mass is 16.5. The second-order valence-corrected chi connectivity index (χ2v) is 4.96. The van der Waals surface area contributed by atoms with Crippen LogP contribution in [0.1, 0.15) is 38.1 Å². The van der Waals surface area contributed by atoms with Crippen LogP contribution in [-0.4, -0.2) is 33.7 Å². The van der Waals surface area contributed by atoms with Gasteiger partial charge in [0, 0.05) is 38.6 Å². The van der Waals surface area contributed by atoms with Gasteiger partial charge in [0.15, 0.2) is 0 Å². The molecule has 0 bridgehead atoms. The summed E-state index contributed by atoms with van der Waals surface area (Å²) in [5, 5.41) is 14.8. The number of hydrogen-bond acceptors (Lipinski definition) is 3. The van der Waals surface area contributed by atoms with E-state index in [-0.39, 0.29) is 6.10 Å². The lowest BCUT2D eigenvalue weighted by Gasteiger charge is -2.42. The summed E-state index contributed by atoms with van der Waals surface area (Å²) in [5.74, 6) is 0. The Bertz CT molecular complexity index is 381. The van der Waals surface area contributed by atoms with Crippen LogP contribution in [0.25, 0.3) is 0 Å². The monoisotopic (exact) mass is 238 g/mol. The maximum Gasteiger partial charge on any atom is 0.0752 e. The summed E-state index contributed by atoms with van der Waals surface area (Å²) in [5.41, 5.74) is 1.66.